The second-order valence-electron chi connectivity index (χ2n) is 4.62. The van der Waals surface area contributed by atoms with Crippen molar-refractivity contribution in [2.75, 3.05) is 6.54 Å². The topological polar surface area (TPSA) is 26.0 Å². The zero-order valence-electron chi connectivity index (χ0n) is 8.85. The summed E-state index contributed by atoms with van der Waals surface area (Å²) >= 11 is 0. The lowest BCUT2D eigenvalue weighted by atomic mass is 9.73. The average Bonchev–Trinajstić information content (AvgIpc) is 2.18. The Kier molecular flexibility index (Phi) is 3.72. The SMILES string of the molecule is CCC1CCCC(C(C)(F)CN)C1. The molecule has 2 N–H and O–H groups in total. The van der Waals surface area contributed by atoms with Crippen LogP contribution in [0.3, 0.4) is 0 Å². The van der Waals surface area contributed by atoms with Gasteiger partial charge in [0.2, 0.25) is 0 Å². The van der Waals surface area contributed by atoms with E-state index >= 15 is 0 Å². The summed E-state index contributed by atoms with van der Waals surface area (Å²) in [5.41, 5.74) is 4.32. The Labute approximate surface area is 80.9 Å². The van der Waals surface area contributed by atoms with Crippen LogP contribution in [0.1, 0.15) is 46.0 Å². The molecule has 1 saturated carbocycles. The highest BCUT2D eigenvalue weighted by atomic mass is 19.1. The Morgan fingerprint density at radius 3 is 2.69 bits per heavy atom. The predicted molar refractivity (Wildman–Crippen MR) is 54.3 cm³/mol. The number of nitrogens with two attached hydrogens (primary N) is 1. The van der Waals surface area contributed by atoms with Crippen LogP contribution in [-0.2, 0) is 0 Å². The number of hydrogen-bond acceptors (Lipinski definition) is 1. The molecule has 0 aromatic rings. The summed E-state index contributed by atoms with van der Waals surface area (Å²) in [6.07, 6.45) is 5.73. The van der Waals surface area contributed by atoms with E-state index in [-0.39, 0.29) is 12.5 Å². The molecule has 0 aliphatic heterocycles. The molecule has 1 aliphatic carbocycles. The fraction of sp³-hybridized carbons (Fsp3) is 1.00. The van der Waals surface area contributed by atoms with E-state index in [4.69, 9.17) is 5.73 Å². The molecule has 0 heterocycles. The normalized spacial score (nSPS) is 34.2. The number of alkyl halides is 1. The van der Waals surface area contributed by atoms with Crippen LogP contribution in [-0.4, -0.2) is 12.2 Å². The highest BCUT2D eigenvalue weighted by molar-refractivity contribution is 4.87. The van der Waals surface area contributed by atoms with E-state index in [1.54, 1.807) is 6.92 Å². The van der Waals surface area contributed by atoms with Crippen LogP contribution < -0.4 is 5.73 Å². The highest BCUT2D eigenvalue weighted by Crippen LogP contribution is 2.38. The van der Waals surface area contributed by atoms with Crippen LogP contribution >= 0.6 is 0 Å². The van der Waals surface area contributed by atoms with Gasteiger partial charge in [0.15, 0.2) is 0 Å². The maximum atomic E-state index is 13.9. The zero-order valence-corrected chi connectivity index (χ0v) is 8.85. The van der Waals surface area contributed by atoms with Gasteiger partial charge in [0, 0.05) is 6.54 Å². The number of rotatable bonds is 3. The van der Waals surface area contributed by atoms with E-state index in [2.05, 4.69) is 6.92 Å². The lowest BCUT2D eigenvalue weighted by Gasteiger charge is -2.36. The summed E-state index contributed by atoms with van der Waals surface area (Å²) in [6.45, 7) is 4.04. The van der Waals surface area contributed by atoms with Gasteiger partial charge in [-0.15, -0.1) is 0 Å². The Balaban J connectivity index is 2.50. The molecule has 1 fully saturated rings. The summed E-state index contributed by atoms with van der Waals surface area (Å²) in [5, 5.41) is 0. The molecule has 13 heavy (non-hydrogen) atoms. The Bertz CT molecular complexity index is 156. The molecule has 0 spiro atoms. The van der Waals surface area contributed by atoms with Crippen LogP contribution in [0.5, 0.6) is 0 Å². The molecular weight excluding hydrogens is 165 g/mol. The van der Waals surface area contributed by atoms with E-state index in [9.17, 15) is 4.39 Å². The van der Waals surface area contributed by atoms with Gasteiger partial charge in [0.05, 0.1) is 0 Å². The van der Waals surface area contributed by atoms with Gasteiger partial charge in [0.1, 0.15) is 5.67 Å². The third-order valence-electron chi connectivity index (χ3n) is 3.61. The van der Waals surface area contributed by atoms with Gasteiger partial charge in [0.25, 0.3) is 0 Å². The molecular formula is C11H22FN. The molecule has 0 aromatic carbocycles. The quantitative estimate of drug-likeness (QED) is 0.722. The van der Waals surface area contributed by atoms with Crippen molar-refractivity contribution in [3.05, 3.63) is 0 Å². The van der Waals surface area contributed by atoms with Gasteiger partial charge >= 0.3 is 0 Å². The smallest absolute Gasteiger partial charge is 0.123 e. The minimum absolute atomic E-state index is 0.175. The lowest BCUT2D eigenvalue weighted by Crippen LogP contribution is -2.40. The first-order chi connectivity index (χ1) is 6.10. The molecule has 1 rings (SSSR count). The molecule has 0 bridgehead atoms. The van der Waals surface area contributed by atoms with E-state index in [1.165, 1.54) is 19.3 Å². The van der Waals surface area contributed by atoms with Crippen molar-refractivity contribution in [1.29, 1.82) is 0 Å². The molecule has 0 aromatic heterocycles. The van der Waals surface area contributed by atoms with Gasteiger partial charge < -0.3 is 5.73 Å². The van der Waals surface area contributed by atoms with Gasteiger partial charge in [-0.05, 0) is 31.6 Å². The van der Waals surface area contributed by atoms with E-state index < -0.39 is 5.67 Å². The van der Waals surface area contributed by atoms with Gasteiger partial charge in [-0.3, -0.25) is 0 Å². The molecule has 0 saturated heterocycles. The molecule has 3 unspecified atom stereocenters. The maximum Gasteiger partial charge on any atom is 0.123 e. The molecule has 1 nitrogen and oxygen atoms in total. The summed E-state index contributed by atoms with van der Waals surface area (Å²) in [5.74, 6) is 0.941. The maximum absolute atomic E-state index is 13.9. The first-order valence-electron chi connectivity index (χ1n) is 5.49. The standard InChI is InChI=1S/C11H22FN/c1-3-9-5-4-6-10(7-9)11(2,12)8-13/h9-10H,3-8,13H2,1-2H3. The van der Waals surface area contributed by atoms with Crippen molar-refractivity contribution in [2.45, 2.75) is 51.6 Å². The van der Waals surface area contributed by atoms with E-state index in [0.29, 0.717) is 0 Å². The second kappa shape index (κ2) is 4.41. The number of hydrogen-bond donors (Lipinski definition) is 1. The molecule has 0 radical (unpaired) electrons. The fourth-order valence-electron chi connectivity index (χ4n) is 2.38. The van der Waals surface area contributed by atoms with Crippen LogP contribution in [0, 0.1) is 11.8 Å². The zero-order chi connectivity index (χ0) is 9.90. The molecule has 2 heteroatoms. The lowest BCUT2D eigenvalue weighted by molar-refractivity contribution is 0.0642. The highest BCUT2D eigenvalue weighted by Gasteiger charge is 2.35. The Morgan fingerprint density at radius 2 is 2.15 bits per heavy atom. The largest absolute Gasteiger partial charge is 0.328 e. The first kappa shape index (κ1) is 11.0. The van der Waals surface area contributed by atoms with Crippen molar-refractivity contribution >= 4 is 0 Å². The monoisotopic (exact) mass is 187 g/mol. The second-order valence-corrected chi connectivity index (χ2v) is 4.62. The van der Waals surface area contributed by atoms with Crippen LogP contribution in [0.15, 0.2) is 0 Å². The molecule has 0 amide bonds. The molecule has 1 aliphatic rings. The summed E-state index contributed by atoms with van der Waals surface area (Å²) in [7, 11) is 0. The minimum Gasteiger partial charge on any atom is -0.328 e. The third-order valence-corrected chi connectivity index (χ3v) is 3.61. The summed E-state index contributed by atoms with van der Waals surface area (Å²) in [4.78, 5) is 0. The average molecular weight is 187 g/mol. The Hall–Kier alpha value is -0.110. The number of halogens is 1. The van der Waals surface area contributed by atoms with Crippen molar-refractivity contribution in [3.63, 3.8) is 0 Å². The summed E-state index contributed by atoms with van der Waals surface area (Å²) < 4.78 is 13.9. The minimum atomic E-state index is -1.13. The van der Waals surface area contributed by atoms with Crippen molar-refractivity contribution < 1.29 is 4.39 Å². The fourth-order valence-corrected chi connectivity index (χ4v) is 2.38. The van der Waals surface area contributed by atoms with E-state index in [0.717, 1.165) is 18.8 Å². The van der Waals surface area contributed by atoms with Gasteiger partial charge in [-0.2, -0.15) is 0 Å². The first-order valence-corrected chi connectivity index (χ1v) is 5.49. The van der Waals surface area contributed by atoms with Crippen molar-refractivity contribution in [1.82, 2.24) is 0 Å². The van der Waals surface area contributed by atoms with Crippen molar-refractivity contribution in [3.8, 4) is 0 Å². The van der Waals surface area contributed by atoms with Gasteiger partial charge in [-0.25, -0.2) is 4.39 Å². The third kappa shape index (κ3) is 2.67. The Morgan fingerprint density at radius 1 is 1.46 bits per heavy atom. The predicted octanol–water partition coefficient (Wildman–Crippen LogP) is 2.89. The van der Waals surface area contributed by atoms with Gasteiger partial charge in [-0.1, -0.05) is 26.2 Å². The van der Waals surface area contributed by atoms with Crippen LogP contribution in [0.4, 0.5) is 4.39 Å². The van der Waals surface area contributed by atoms with E-state index in [1.807, 2.05) is 0 Å². The van der Waals surface area contributed by atoms with Crippen LogP contribution in [0.25, 0.3) is 0 Å². The molecule has 78 valence electrons. The molecule has 3 atom stereocenters. The summed E-state index contributed by atoms with van der Waals surface area (Å²) in [6, 6.07) is 0. The van der Waals surface area contributed by atoms with Crippen molar-refractivity contribution in [2.24, 2.45) is 17.6 Å². The van der Waals surface area contributed by atoms with Crippen LogP contribution in [0.2, 0.25) is 0 Å².